The highest BCUT2D eigenvalue weighted by Gasteiger charge is 2.30. The zero-order valence-electron chi connectivity index (χ0n) is 10.6. The molecule has 4 heteroatoms. The molecule has 18 heavy (non-hydrogen) atoms. The Morgan fingerprint density at radius 3 is 3.00 bits per heavy atom. The van der Waals surface area contributed by atoms with E-state index in [0.717, 1.165) is 25.2 Å². The molecule has 0 amide bonds. The van der Waals surface area contributed by atoms with Gasteiger partial charge in [0.25, 0.3) is 0 Å². The van der Waals surface area contributed by atoms with Gasteiger partial charge in [-0.1, -0.05) is 6.07 Å². The summed E-state index contributed by atoms with van der Waals surface area (Å²) >= 11 is 0. The van der Waals surface area contributed by atoms with E-state index in [9.17, 15) is 4.39 Å². The number of anilines is 1. The second-order valence-corrected chi connectivity index (χ2v) is 5.42. The van der Waals surface area contributed by atoms with Crippen LogP contribution in [0, 0.1) is 5.82 Å². The van der Waals surface area contributed by atoms with Gasteiger partial charge >= 0.3 is 0 Å². The lowest BCUT2D eigenvalue weighted by Crippen LogP contribution is -2.49. The Kier molecular flexibility index (Phi) is 3.22. The van der Waals surface area contributed by atoms with E-state index in [1.807, 2.05) is 6.07 Å². The van der Waals surface area contributed by atoms with Crippen LogP contribution in [0.4, 0.5) is 10.1 Å². The minimum atomic E-state index is -0.177. The Labute approximate surface area is 107 Å². The van der Waals surface area contributed by atoms with Gasteiger partial charge in [-0.3, -0.25) is 9.80 Å². The van der Waals surface area contributed by atoms with Gasteiger partial charge in [-0.15, -0.1) is 0 Å². The number of halogens is 1. The van der Waals surface area contributed by atoms with Crippen LogP contribution in [0.3, 0.4) is 0 Å². The zero-order chi connectivity index (χ0) is 12.5. The highest BCUT2D eigenvalue weighted by atomic mass is 19.1. The fourth-order valence-electron chi connectivity index (χ4n) is 3.13. The predicted molar refractivity (Wildman–Crippen MR) is 70.7 cm³/mol. The molecular formula is C14H20FN3. The molecule has 2 heterocycles. The molecule has 2 saturated heterocycles. The second kappa shape index (κ2) is 4.86. The quantitative estimate of drug-likeness (QED) is 0.810. The van der Waals surface area contributed by atoms with Crippen LogP contribution in [0.1, 0.15) is 18.4 Å². The third kappa shape index (κ3) is 2.35. The number of nitrogens with two attached hydrogens (primary N) is 1. The molecule has 1 aromatic carbocycles. The van der Waals surface area contributed by atoms with Gasteiger partial charge in [0.1, 0.15) is 5.82 Å². The monoisotopic (exact) mass is 249 g/mol. The maximum atomic E-state index is 13.8. The Bertz CT molecular complexity index is 435. The fourth-order valence-corrected chi connectivity index (χ4v) is 3.13. The van der Waals surface area contributed by atoms with Crippen LogP contribution in [0.25, 0.3) is 0 Å². The summed E-state index contributed by atoms with van der Waals surface area (Å²) in [5.74, 6) is -0.177. The standard InChI is InChI=1S/C14H20FN3/c15-14-8-12(16)4-3-11(14)9-17-6-7-18-5-1-2-13(18)10-17/h3-4,8,13H,1-2,5-7,9-10,16H2. The maximum Gasteiger partial charge on any atom is 0.129 e. The molecule has 0 aliphatic carbocycles. The molecule has 1 unspecified atom stereocenters. The summed E-state index contributed by atoms with van der Waals surface area (Å²) in [4.78, 5) is 4.93. The summed E-state index contributed by atoms with van der Waals surface area (Å²) in [6, 6.07) is 5.70. The first kappa shape index (κ1) is 11.9. The van der Waals surface area contributed by atoms with Crippen LogP contribution in [0.15, 0.2) is 18.2 Å². The van der Waals surface area contributed by atoms with Gasteiger partial charge in [0.2, 0.25) is 0 Å². The van der Waals surface area contributed by atoms with Crippen LogP contribution in [0.2, 0.25) is 0 Å². The Morgan fingerprint density at radius 2 is 2.17 bits per heavy atom. The number of hydrogen-bond acceptors (Lipinski definition) is 3. The molecule has 3 nitrogen and oxygen atoms in total. The summed E-state index contributed by atoms with van der Waals surface area (Å²) < 4.78 is 13.8. The van der Waals surface area contributed by atoms with Crippen LogP contribution in [0.5, 0.6) is 0 Å². The number of fused-ring (bicyclic) bond motifs is 1. The molecule has 1 aromatic rings. The number of rotatable bonds is 2. The number of benzene rings is 1. The second-order valence-electron chi connectivity index (χ2n) is 5.42. The van der Waals surface area contributed by atoms with Crippen molar-refractivity contribution in [3.63, 3.8) is 0 Å². The molecule has 0 bridgehead atoms. The summed E-state index contributed by atoms with van der Waals surface area (Å²) in [5, 5.41) is 0. The molecule has 98 valence electrons. The molecule has 3 rings (SSSR count). The number of hydrogen-bond donors (Lipinski definition) is 1. The van der Waals surface area contributed by atoms with Crippen LogP contribution >= 0.6 is 0 Å². The van der Waals surface area contributed by atoms with Crippen molar-refractivity contribution in [3.05, 3.63) is 29.6 Å². The summed E-state index contributed by atoms with van der Waals surface area (Å²) in [6.45, 7) is 5.19. The third-order valence-electron chi connectivity index (χ3n) is 4.14. The van der Waals surface area contributed by atoms with E-state index in [1.165, 1.54) is 25.5 Å². The molecular weight excluding hydrogens is 229 g/mol. The van der Waals surface area contributed by atoms with Crippen molar-refractivity contribution in [1.82, 2.24) is 9.80 Å². The Balaban J connectivity index is 1.66. The third-order valence-corrected chi connectivity index (χ3v) is 4.14. The lowest BCUT2D eigenvalue weighted by Gasteiger charge is -2.37. The molecule has 0 spiro atoms. The van der Waals surface area contributed by atoms with E-state index >= 15 is 0 Å². The van der Waals surface area contributed by atoms with Gasteiger partial charge in [-0.2, -0.15) is 0 Å². The number of nitrogens with zero attached hydrogens (tertiary/aromatic N) is 2. The Morgan fingerprint density at radius 1 is 1.28 bits per heavy atom. The van der Waals surface area contributed by atoms with Crippen molar-refractivity contribution in [3.8, 4) is 0 Å². The van der Waals surface area contributed by atoms with Crippen molar-refractivity contribution >= 4 is 5.69 Å². The van der Waals surface area contributed by atoms with Crippen molar-refractivity contribution in [2.24, 2.45) is 0 Å². The van der Waals surface area contributed by atoms with Crippen LogP contribution in [-0.4, -0.2) is 42.0 Å². The average molecular weight is 249 g/mol. The van der Waals surface area contributed by atoms with Gasteiger partial charge in [0.05, 0.1) is 0 Å². The van der Waals surface area contributed by atoms with Crippen LogP contribution < -0.4 is 5.73 Å². The lowest BCUT2D eigenvalue weighted by atomic mass is 10.1. The highest BCUT2D eigenvalue weighted by Crippen LogP contribution is 2.23. The van der Waals surface area contributed by atoms with E-state index in [-0.39, 0.29) is 5.82 Å². The first-order chi connectivity index (χ1) is 8.72. The van der Waals surface area contributed by atoms with Gasteiger partial charge in [-0.25, -0.2) is 4.39 Å². The summed E-state index contributed by atoms with van der Waals surface area (Å²) in [6.07, 6.45) is 2.61. The van der Waals surface area contributed by atoms with E-state index in [2.05, 4.69) is 9.80 Å². The number of piperazine rings is 1. The summed E-state index contributed by atoms with van der Waals surface area (Å²) in [5.41, 5.74) is 6.83. The molecule has 0 saturated carbocycles. The van der Waals surface area contributed by atoms with E-state index in [1.54, 1.807) is 6.07 Å². The number of nitrogen functional groups attached to an aromatic ring is 1. The molecule has 2 aliphatic heterocycles. The fraction of sp³-hybridized carbons (Fsp3) is 0.571. The van der Waals surface area contributed by atoms with Crippen molar-refractivity contribution in [2.75, 3.05) is 31.9 Å². The van der Waals surface area contributed by atoms with Gasteiger partial charge in [-0.05, 0) is 31.5 Å². The first-order valence-corrected chi connectivity index (χ1v) is 6.73. The lowest BCUT2D eigenvalue weighted by molar-refractivity contribution is 0.0985. The normalized spacial score (nSPS) is 25.3. The predicted octanol–water partition coefficient (Wildman–Crippen LogP) is 1.69. The molecule has 2 aliphatic rings. The minimum Gasteiger partial charge on any atom is -0.399 e. The Hall–Kier alpha value is -1.13. The largest absolute Gasteiger partial charge is 0.399 e. The molecule has 0 radical (unpaired) electrons. The van der Waals surface area contributed by atoms with E-state index < -0.39 is 0 Å². The molecule has 0 aromatic heterocycles. The van der Waals surface area contributed by atoms with Gasteiger partial charge in [0, 0.05) is 43.5 Å². The first-order valence-electron chi connectivity index (χ1n) is 6.73. The topological polar surface area (TPSA) is 32.5 Å². The minimum absolute atomic E-state index is 0.177. The zero-order valence-corrected chi connectivity index (χ0v) is 10.6. The highest BCUT2D eigenvalue weighted by molar-refractivity contribution is 5.40. The van der Waals surface area contributed by atoms with Crippen molar-refractivity contribution in [1.29, 1.82) is 0 Å². The summed E-state index contributed by atoms with van der Waals surface area (Å²) in [7, 11) is 0. The van der Waals surface area contributed by atoms with E-state index in [4.69, 9.17) is 5.73 Å². The maximum absolute atomic E-state index is 13.8. The SMILES string of the molecule is Nc1ccc(CN2CCN3CCCC3C2)c(F)c1. The van der Waals surface area contributed by atoms with Crippen LogP contribution in [-0.2, 0) is 6.54 Å². The molecule has 1 atom stereocenters. The van der Waals surface area contributed by atoms with Crippen molar-refractivity contribution in [2.45, 2.75) is 25.4 Å². The van der Waals surface area contributed by atoms with Gasteiger partial charge < -0.3 is 5.73 Å². The smallest absolute Gasteiger partial charge is 0.129 e. The van der Waals surface area contributed by atoms with Crippen molar-refractivity contribution < 1.29 is 4.39 Å². The average Bonchev–Trinajstić information content (AvgIpc) is 2.80. The molecule has 2 fully saturated rings. The molecule has 2 N–H and O–H groups in total. The van der Waals surface area contributed by atoms with Gasteiger partial charge in [0.15, 0.2) is 0 Å². The van der Waals surface area contributed by atoms with E-state index in [0.29, 0.717) is 18.3 Å².